The number of phenolic OH excluding ortho intramolecular Hbond substituents is 1. The SMILES string of the molecule is CCCCc1cccc(O)c1-c1ccccc1-c1ccccc1. The second-order valence-corrected chi connectivity index (χ2v) is 5.83. The van der Waals surface area contributed by atoms with Crippen molar-refractivity contribution in [3.05, 3.63) is 78.4 Å². The smallest absolute Gasteiger partial charge is 0.123 e. The molecule has 0 amide bonds. The van der Waals surface area contributed by atoms with E-state index in [9.17, 15) is 5.11 Å². The number of phenols is 1. The number of aryl methyl sites for hydroxylation is 1. The van der Waals surface area contributed by atoms with E-state index in [1.807, 2.05) is 18.2 Å². The zero-order valence-corrected chi connectivity index (χ0v) is 13.5. The molecule has 0 fully saturated rings. The summed E-state index contributed by atoms with van der Waals surface area (Å²) in [5.74, 6) is 0.363. The van der Waals surface area contributed by atoms with Gasteiger partial charge in [-0.05, 0) is 41.2 Å². The summed E-state index contributed by atoms with van der Waals surface area (Å²) in [5.41, 5.74) is 5.62. The van der Waals surface area contributed by atoms with Crippen LogP contribution in [0.1, 0.15) is 25.3 Å². The highest BCUT2D eigenvalue weighted by Crippen LogP contribution is 2.39. The Balaban J connectivity index is 2.17. The molecule has 0 aromatic heterocycles. The summed E-state index contributed by atoms with van der Waals surface area (Å²) in [6.07, 6.45) is 3.27. The van der Waals surface area contributed by atoms with Gasteiger partial charge >= 0.3 is 0 Å². The minimum absolute atomic E-state index is 0.363. The van der Waals surface area contributed by atoms with Gasteiger partial charge in [-0.1, -0.05) is 80.1 Å². The van der Waals surface area contributed by atoms with E-state index < -0.39 is 0 Å². The third kappa shape index (κ3) is 3.29. The fourth-order valence-corrected chi connectivity index (χ4v) is 3.04. The lowest BCUT2D eigenvalue weighted by Crippen LogP contribution is -1.93. The Morgan fingerprint density at radius 2 is 1.43 bits per heavy atom. The van der Waals surface area contributed by atoms with Gasteiger partial charge in [0.2, 0.25) is 0 Å². The molecule has 0 aliphatic rings. The molecular weight excluding hydrogens is 280 g/mol. The quantitative estimate of drug-likeness (QED) is 0.606. The van der Waals surface area contributed by atoms with Gasteiger partial charge < -0.3 is 5.11 Å². The van der Waals surface area contributed by atoms with Gasteiger partial charge in [-0.15, -0.1) is 0 Å². The third-order valence-corrected chi connectivity index (χ3v) is 4.21. The molecule has 116 valence electrons. The number of unbranched alkanes of at least 4 members (excludes halogenated alkanes) is 1. The largest absolute Gasteiger partial charge is 0.507 e. The second kappa shape index (κ2) is 7.15. The topological polar surface area (TPSA) is 20.2 Å². The fraction of sp³-hybridized carbons (Fsp3) is 0.182. The van der Waals surface area contributed by atoms with Crippen LogP contribution in [0.4, 0.5) is 0 Å². The van der Waals surface area contributed by atoms with Gasteiger partial charge in [-0.3, -0.25) is 0 Å². The van der Waals surface area contributed by atoms with Crippen LogP contribution in [0.3, 0.4) is 0 Å². The number of aromatic hydroxyl groups is 1. The summed E-state index contributed by atoms with van der Waals surface area (Å²) in [5, 5.41) is 10.5. The van der Waals surface area contributed by atoms with Crippen LogP contribution >= 0.6 is 0 Å². The van der Waals surface area contributed by atoms with Crippen LogP contribution in [0.2, 0.25) is 0 Å². The molecule has 0 atom stereocenters. The molecule has 0 radical (unpaired) electrons. The first kappa shape index (κ1) is 15.4. The van der Waals surface area contributed by atoms with Crippen LogP contribution in [-0.2, 0) is 6.42 Å². The van der Waals surface area contributed by atoms with Crippen LogP contribution in [0.5, 0.6) is 5.75 Å². The van der Waals surface area contributed by atoms with Crippen molar-refractivity contribution in [1.82, 2.24) is 0 Å². The maximum Gasteiger partial charge on any atom is 0.123 e. The first-order chi connectivity index (χ1) is 11.3. The Labute approximate surface area is 138 Å². The zero-order valence-electron chi connectivity index (χ0n) is 13.5. The summed E-state index contributed by atoms with van der Waals surface area (Å²) < 4.78 is 0. The summed E-state index contributed by atoms with van der Waals surface area (Å²) in [4.78, 5) is 0. The lowest BCUT2D eigenvalue weighted by molar-refractivity contribution is 0.476. The van der Waals surface area contributed by atoms with Gasteiger partial charge in [0.05, 0.1) is 0 Å². The van der Waals surface area contributed by atoms with Crippen molar-refractivity contribution in [2.75, 3.05) is 0 Å². The van der Waals surface area contributed by atoms with E-state index in [2.05, 4.69) is 55.5 Å². The number of hydrogen-bond donors (Lipinski definition) is 1. The molecule has 1 heteroatoms. The number of hydrogen-bond acceptors (Lipinski definition) is 1. The van der Waals surface area contributed by atoms with Crippen molar-refractivity contribution in [1.29, 1.82) is 0 Å². The van der Waals surface area contributed by atoms with Crippen LogP contribution in [0, 0.1) is 0 Å². The summed E-state index contributed by atoms with van der Waals surface area (Å²) in [6, 6.07) is 24.5. The van der Waals surface area contributed by atoms with Gasteiger partial charge in [-0.25, -0.2) is 0 Å². The first-order valence-electron chi connectivity index (χ1n) is 8.27. The van der Waals surface area contributed by atoms with Crippen molar-refractivity contribution in [3.63, 3.8) is 0 Å². The standard InChI is InChI=1S/C22H22O/c1-2-3-10-18-13-9-16-21(23)22(18)20-15-8-7-14-19(20)17-11-5-4-6-12-17/h4-9,11-16,23H,2-3,10H2,1H3. The molecule has 0 bridgehead atoms. The van der Waals surface area contributed by atoms with Crippen molar-refractivity contribution in [3.8, 4) is 28.0 Å². The Kier molecular flexibility index (Phi) is 4.77. The van der Waals surface area contributed by atoms with Crippen molar-refractivity contribution in [2.24, 2.45) is 0 Å². The average molecular weight is 302 g/mol. The highest BCUT2D eigenvalue weighted by molar-refractivity contribution is 5.87. The molecule has 0 heterocycles. The average Bonchev–Trinajstić information content (AvgIpc) is 2.61. The van der Waals surface area contributed by atoms with Crippen molar-refractivity contribution >= 4 is 0 Å². The lowest BCUT2D eigenvalue weighted by atomic mass is 9.89. The molecule has 0 spiro atoms. The summed E-state index contributed by atoms with van der Waals surface area (Å²) in [7, 11) is 0. The van der Waals surface area contributed by atoms with E-state index >= 15 is 0 Å². The van der Waals surface area contributed by atoms with Gasteiger partial charge in [0.15, 0.2) is 0 Å². The van der Waals surface area contributed by atoms with Gasteiger partial charge in [-0.2, -0.15) is 0 Å². The molecule has 0 aliphatic carbocycles. The van der Waals surface area contributed by atoms with Gasteiger partial charge in [0.1, 0.15) is 5.75 Å². The maximum atomic E-state index is 10.5. The van der Waals surface area contributed by atoms with Gasteiger partial charge in [0.25, 0.3) is 0 Å². The number of rotatable bonds is 5. The van der Waals surface area contributed by atoms with Crippen LogP contribution in [0.25, 0.3) is 22.3 Å². The molecule has 23 heavy (non-hydrogen) atoms. The van der Waals surface area contributed by atoms with Gasteiger partial charge in [0, 0.05) is 5.56 Å². The Morgan fingerprint density at radius 3 is 2.17 bits per heavy atom. The van der Waals surface area contributed by atoms with E-state index in [0.29, 0.717) is 5.75 Å². The zero-order chi connectivity index (χ0) is 16.1. The van der Waals surface area contributed by atoms with Crippen LogP contribution in [-0.4, -0.2) is 5.11 Å². The minimum Gasteiger partial charge on any atom is -0.507 e. The molecule has 1 nitrogen and oxygen atoms in total. The molecule has 0 saturated heterocycles. The predicted octanol–water partition coefficient (Wildman–Crippen LogP) is 6.07. The molecule has 0 unspecified atom stereocenters. The lowest BCUT2D eigenvalue weighted by Gasteiger charge is -2.15. The summed E-state index contributed by atoms with van der Waals surface area (Å²) >= 11 is 0. The molecular formula is C22H22O. The highest BCUT2D eigenvalue weighted by Gasteiger charge is 2.14. The van der Waals surface area contributed by atoms with Crippen LogP contribution in [0.15, 0.2) is 72.8 Å². The molecule has 3 rings (SSSR count). The summed E-state index contributed by atoms with van der Waals surface area (Å²) in [6.45, 7) is 2.19. The van der Waals surface area contributed by atoms with E-state index in [4.69, 9.17) is 0 Å². The monoisotopic (exact) mass is 302 g/mol. The number of benzene rings is 3. The molecule has 0 saturated carbocycles. The van der Waals surface area contributed by atoms with E-state index in [0.717, 1.165) is 36.0 Å². The normalized spacial score (nSPS) is 10.7. The molecule has 1 N–H and O–H groups in total. The Hall–Kier alpha value is -2.54. The fourth-order valence-electron chi connectivity index (χ4n) is 3.04. The highest BCUT2D eigenvalue weighted by atomic mass is 16.3. The Morgan fingerprint density at radius 1 is 0.739 bits per heavy atom. The maximum absolute atomic E-state index is 10.5. The van der Waals surface area contributed by atoms with E-state index in [1.165, 1.54) is 11.1 Å². The first-order valence-corrected chi connectivity index (χ1v) is 8.27. The molecule has 3 aromatic carbocycles. The van der Waals surface area contributed by atoms with Crippen molar-refractivity contribution < 1.29 is 5.11 Å². The van der Waals surface area contributed by atoms with E-state index in [-0.39, 0.29) is 0 Å². The van der Waals surface area contributed by atoms with Crippen LogP contribution < -0.4 is 0 Å². The molecule has 0 aliphatic heterocycles. The van der Waals surface area contributed by atoms with E-state index in [1.54, 1.807) is 6.07 Å². The third-order valence-electron chi connectivity index (χ3n) is 4.21. The Bertz CT molecular complexity index is 775. The predicted molar refractivity (Wildman–Crippen MR) is 97.6 cm³/mol. The van der Waals surface area contributed by atoms with Crippen molar-refractivity contribution in [2.45, 2.75) is 26.2 Å². The molecule has 3 aromatic rings. The second-order valence-electron chi connectivity index (χ2n) is 5.83. The minimum atomic E-state index is 0.363.